The Morgan fingerprint density at radius 1 is 1.23 bits per heavy atom. The van der Waals surface area contributed by atoms with Gasteiger partial charge in [0.2, 0.25) is 0 Å². The molecule has 9 nitrogen and oxygen atoms in total. The van der Waals surface area contributed by atoms with Crippen LogP contribution in [0.5, 0.6) is 0 Å². The second-order valence-corrected chi connectivity index (χ2v) is 5.87. The summed E-state index contributed by atoms with van der Waals surface area (Å²) in [6, 6.07) is 4.16. The zero-order valence-electron chi connectivity index (χ0n) is 14.7. The third-order valence-electron chi connectivity index (χ3n) is 3.69. The van der Waals surface area contributed by atoms with Gasteiger partial charge in [-0.3, -0.25) is 4.98 Å². The van der Waals surface area contributed by atoms with Gasteiger partial charge < -0.3 is 10.6 Å². The van der Waals surface area contributed by atoms with Crippen molar-refractivity contribution in [2.24, 2.45) is 0 Å². The number of amides is 4. The number of carbonyl (C=O) groups excluding carboxylic acids is 2. The first-order valence-corrected chi connectivity index (χ1v) is 8.07. The highest BCUT2D eigenvalue weighted by atomic mass is 16.2. The molecule has 4 amide bonds. The lowest BCUT2D eigenvalue weighted by Gasteiger charge is -2.24. The number of rotatable bonds is 3. The number of hydrogen-bond donors (Lipinski definition) is 2. The molecule has 0 radical (unpaired) electrons. The molecule has 0 atom stereocenters. The van der Waals surface area contributed by atoms with Crippen molar-refractivity contribution in [1.29, 1.82) is 0 Å². The molecule has 3 heterocycles. The molecule has 0 saturated heterocycles. The van der Waals surface area contributed by atoms with Gasteiger partial charge >= 0.3 is 12.1 Å². The van der Waals surface area contributed by atoms with Gasteiger partial charge in [-0.15, -0.1) is 5.10 Å². The summed E-state index contributed by atoms with van der Waals surface area (Å²) in [6.45, 7) is 3.52. The molecule has 0 saturated carbocycles. The van der Waals surface area contributed by atoms with E-state index in [2.05, 4.69) is 25.7 Å². The normalized spacial score (nSPS) is 10.8. The number of imide groups is 1. The van der Waals surface area contributed by atoms with Crippen LogP contribution in [0.15, 0.2) is 43.0 Å². The molecule has 2 N–H and O–H groups in total. The largest absolute Gasteiger partial charge is 0.341 e. The van der Waals surface area contributed by atoms with E-state index < -0.39 is 12.1 Å². The van der Waals surface area contributed by atoms with Crippen molar-refractivity contribution in [3.05, 3.63) is 43.0 Å². The maximum atomic E-state index is 12.4. The molecule has 134 valence electrons. The Bertz CT molecular complexity index is 937. The van der Waals surface area contributed by atoms with Crippen molar-refractivity contribution in [2.45, 2.75) is 19.9 Å². The molecule has 3 aromatic heterocycles. The maximum Gasteiger partial charge on any atom is 0.330 e. The molecule has 0 aliphatic heterocycles. The fourth-order valence-corrected chi connectivity index (χ4v) is 2.47. The molecule has 0 aromatic carbocycles. The number of hydrogen-bond acceptors (Lipinski definition) is 5. The number of carbonyl (C=O) groups is 2. The van der Waals surface area contributed by atoms with Gasteiger partial charge in [-0.2, -0.15) is 0 Å². The highest BCUT2D eigenvalue weighted by Crippen LogP contribution is 2.18. The third kappa shape index (κ3) is 3.46. The summed E-state index contributed by atoms with van der Waals surface area (Å²) in [7, 11) is 1.48. The van der Waals surface area contributed by atoms with Crippen molar-refractivity contribution in [3.63, 3.8) is 0 Å². The van der Waals surface area contributed by atoms with Crippen LogP contribution in [0.4, 0.5) is 15.3 Å². The Labute approximate surface area is 150 Å². The standard InChI is InChI=1S/C17H19N7O2/c1-11(2)24(16(25)18-3)17(26)21-13-7-12-10-23(22-15(12)20-8-13)14-5-4-6-19-9-14/h4-11H,1-3H3,(H,18,25)(H,21,26). The van der Waals surface area contributed by atoms with Crippen molar-refractivity contribution < 1.29 is 9.59 Å². The van der Waals surface area contributed by atoms with Crippen molar-refractivity contribution in [3.8, 4) is 5.69 Å². The summed E-state index contributed by atoms with van der Waals surface area (Å²) in [5, 5.41) is 10.3. The predicted octanol–water partition coefficient (Wildman–Crippen LogP) is 2.40. The molecule has 26 heavy (non-hydrogen) atoms. The van der Waals surface area contributed by atoms with Crippen LogP contribution in [0.25, 0.3) is 16.7 Å². The molecule has 0 aliphatic carbocycles. The van der Waals surface area contributed by atoms with Crippen LogP contribution in [0.3, 0.4) is 0 Å². The zero-order chi connectivity index (χ0) is 18.7. The molecule has 0 unspecified atom stereocenters. The van der Waals surface area contributed by atoms with Crippen LogP contribution in [0.2, 0.25) is 0 Å². The van der Waals surface area contributed by atoms with E-state index in [4.69, 9.17) is 0 Å². The topological polar surface area (TPSA) is 105 Å². The van der Waals surface area contributed by atoms with Gasteiger partial charge in [0.1, 0.15) is 0 Å². The monoisotopic (exact) mass is 353 g/mol. The van der Waals surface area contributed by atoms with Gasteiger partial charge in [0.05, 0.1) is 23.8 Å². The maximum absolute atomic E-state index is 12.4. The molecule has 0 bridgehead atoms. The summed E-state index contributed by atoms with van der Waals surface area (Å²) in [5.41, 5.74) is 1.82. The molecule has 3 rings (SSSR count). The Hall–Kier alpha value is -3.49. The smallest absolute Gasteiger partial charge is 0.330 e. The molecular weight excluding hydrogens is 334 g/mol. The summed E-state index contributed by atoms with van der Waals surface area (Å²) in [4.78, 5) is 33.7. The Morgan fingerprint density at radius 2 is 2.04 bits per heavy atom. The number of anilines is 1. The fraction of sp³-hybridized carbons (Fsp3) is 0.235. The van der Waals surface area contributed by atoms with Crippen LogP contribution in [-0.2, 0) is 0 Å². The van der Waals surface area contributed by atoms with Crippen LogP contribution in [0, 0.1) is 0 Å². The number of aromatic nitrogens is 4. The van der Waals surface area contributed by atoms with E-state index in [1.807, 2.05) is 12.1 Å². The number of pyridine rings is 2. The van der Waals surface area contributed by atoms with Crippen LogP contribution in [0.1, 0.15) is 13.8 Å². The van der Waals surface area contributed by atoms with Crippen molar-refractivity contribution >= 4 is 28.8 Å². The number of urea groups is 2. The molecule has 9 heteroatoms. The SMILES string of the molecule is CNC(=O)N(C(=O)Nc1cnc2nn(-c3cccnc3)cc2c1)C(C)C. The Morgan fingerprint density at radius 3 is 2.69 bits per heavy atom. The first-order valence-electron chi connectivity index (χ1n) is 8.07. The van der Waals surface area contributed by atoms with E-state index in [0.717, 1.165) is 16.0 Å². The minimum absolute atomic E-state index is 0.292. The van der Waals surface area contributed by atoms with E-state index in [-0.39, 0.29) is 6.04 Å². The second kappa shape index (κ2) is 7.18. The molecule has 3 aromatic rings. The van der Waals surface area contributed by atoms with Crippen molar-refractivity contribution in [1.82, 2.24) is 30.0 Å². The summed E-state index contributed by atoms with van der Waals surface area (Å²) in [6.07, 6.45) is 6.68. The minimum Gasteiger partial charge on any atom is -0.341 e. The molecule has 0 aliphatic rings. The zero-order valence-corrected chi connectivity index (χ0v) is 14.7. The average Bonchev–Trinajstić information content (AvgIpc) is 3.05. The van der Waals surface area contributed by atoms with Gasteiger partial charge in [-0.1, -0.05) is 0 Å². The number of nitrogens with zero attached hydrogens (tertiary/aromatic N) is 5. The first-order chi connectivity index (χ1) is 12.5. The lowest BCUT2D eigenvalue weighted by Crippen LogP contribution is -2.48. The highest BCUT2D eigenvalue weighted by molar-refractivity contribution is 6.01. The van der Waals surface area contributed by atoms with Gasteiger partial charge in [0, 0.05) is 30.9 Å². The van der Waals surface area contributed by atoms with Crippen molar-refractivity contribution in [2.75, 3.05) is 12.4 Å². The first kappa shape index (κ1) is 17.3. The highest BCUT2D eigenvalue weighted by Gasteiger charge is 2.23. The number of nitrogens with one attached hydrogen (secondary N) is 2. The minimum atomic E-state index is -0.528. The Balaban J connectivity index is 1.85. The summed E-state index contributed by atoms with van der Waals surface area (Å²) >= 11 is 0. The van der Waals surface area contributed by atoms with E-state index in [1.165, 1.54) is 13.2 Å². The van der Waals surface area contributed by atoms with Gasteiger partial charge in [-0.25, -0.2) is 24.2 Å². The Kier molecular flexibility index (Phi) is 4.78. The van der Waals surface area contributed by atoms with Crippen LogP contribution < -0.4 is 10.6 Å². The molecular formula is C17H19N7O2. The molecule has 0 fully saturated rings. The quantitative estimate of drug-likeness (QED) is 0.752. The summed E-state index contributed by atoms with van der Waals surface area (Å²) < 4.78 is 1.67. The van der Waals surface area contributed by atoms with Gasteiger partial charge in [-0.05, 0) is 32.0 Å². The molecule has 0 spiro atoms. The third-order valence-corrected chi connectivity index (χ3v) is 3.69. The lowest BCUT2D eigenvalue weighted by molar-refractivity contribution is 0.184. The van der Waals surface area contributed by atoms with E-state index in [1.54, 1.807) is 43.2 Å². The van der Waals surface area contributed by atoms with Gasteiger partial charge in [0.15, 0.2) is 5.65 Å². The van der Waals surface area contributed by atoms with E-state index in [9.17, 15) is 9.59 Å². The lowest BCUT2D eigenvalue weighted by atomic mass is 10.3. The van der Waals surface area contributed by atoms with Gasteiger partial charge in [0.25, 0.3) is 0 Å². The van der Waals surface area contributed by atoms with E-state index >= 15 is 0 Å². The van der Waals surface area contributed by atoms with Crippen LogP contribution in [-0.4, -0.2) is 49.8 Å². The number of fused-ring (bicyclic) bond motifs is 1. The van der Waals surface area contributed by atoms with E-state index in [0.29, 0.717) is 11.3 Å². The summed E-state index contributed by atoms with van der Waals surface area (Å²) in [5.74, 6) is 0. The second-order valence-electron chi connectivity index (χ2n) is 5.87. The average molecular weight is 353 g/mol. The fourth-order valence-electron chi connectivity index (χ4n) is 2.47. The predicted molar refractivity (Wildman–Crippen MR) is 97.1 cm³/mol. The van der Waals surface area contributed by atoms with Crippen LogP contribution >= 0.6 is 0 Å².